The van der Waals surface area contributed by atoms with E-state index in [0.29, 0.717) is 33.1 Å². The molecule has 2 amide bonds. The molecule has 2 aromatic carbocycles. The molecule has 2 heterocycles. The third kappa shape index (κ3) is 6.49. The third-order valence-electron chi connectivity index (χ3n) is 6.35. The fourth-order valence-electron chi connectivity index (χ4n) is 4.63. The third-order valence-corrected chi connectivity index (χ3v) is 6.69. The number of ether oxygens (including phenoxy) is 3. The monoisotopic (exact) mass is 578 g/mol. The van der Waals surface area contributed by atoms with Crippen LogP contribution in [0.2, 0.25) is 5.02 Å². The molecule has 206 valence electrons. The predicted octanol–water partition coefficient (Wildman–Crippen LogP) is 0.431. The van der Waals surface area contributed by atoms with Crippen LogP contribution < -0.4 is 34.9 Å². The molecule has 1 atom stereocenters. The minimum Gasteiger partial charge on any atom is -0.870 e. The Labute approximate surface area is 258 Å². The van der Waals surface area contributed by atoms with E-state index in [1.165, 1.54) is 7.11 Å². The number of hydrogen-bond donors (Lipinski definition) is 1. The molecule has 2 aliphatic rings. The molecule has 0 bridgehead atoms. The second kappa shape index (κ2) is 14.6. The maximum atomic E-state index is 13.2. The first-order valence-electron chi connectivity index (χ1n) is 12.0. The van der Waals surface area contributed by atoms with E-state index in [4.69, 9.17) is 25.8 Å². The molecule has 2 N–H and O–H groups in total. The standard InChI is InChI=1S/C28H27ClN2O7.Na.H2O/c1-4-38-28(35)24-21(15-37-14-13-31-25(32)17-9-5-6-10-18(17)26(31)33)30-16(2)22(27(34)36-3)23(24)19-11-7-8-12-20(19)29;;/h5-12,23,30H,4,13-15H2,1-3H3;;1H2/q;+1;/p-1. The number of allylic oxidation sites excluding steroid dienone is 1. The molecule has 1 unspecified atom stereocenters. The first-order valence-corrected chi connectivity index (χ1v) is 12.4. The van der Waals surface area contributed by atoms with Gasteiger partial charge in [-0.1, -0.05) is 41.9 Å². The van der Waals surface area contributed by atoms with Crippen LogP contribution >= 0.6 is 11.6 Å². The van der Waals surface area contributed by atoms with Gasteiger partial charge < -0.3 is 25.0 Å². The second-order valence-corrected chi connectivity index (χ2v) is 8.99. The van der Waals surface area contributed by atoms with Crippen LogP contribution in [0.1, 0.15) is 46.0 Å². The van der Waals surface area contributed by atoms with Gasteiger partial charge in [0.25, 0.3) is 11.8 Å². The van der Waals surface area contributed by atoms with E-state index in [1.54, 1.807) is 62.4 Å². The molecule has 2 aliphatic heterocycles. The van der Waals surface area contributed by atoms with Crippen LogP contribution in [-0.4, -0.2) is 67.6 Å². The Hall–Kier alpha value is -2.99. The topological polar surface area (TPSA) is 141 Å². The number of carbonyl (C=O) groups excluding carboxylic acids is 4. The number of halogens is 1. The number of fused-ring (bicyclic) bond motifs is 1. The zero-order valence-corrected chi connectivity index (χ0v) is 25.4. The smallest absolute Gasteiger partial charge is 0.870 e. The summed E-state index contributed by atoms with van der Waals surface area (Å²) in [4.78, 5) is 52.4. The van der Waals surface area contributed by atoms with Crippen molar-refractivity contribution in [1.82, 2.24) is 10.2 Å². The van der Waals surface area contributed by atoms with Gasteiger partial charge in [-0.05, 0) is 37.6 Å². The van der Waals surface area contributed by atoms with E-state index in [2.05, 4.69) is 5.32 Å². The summed E-state index contributed by atoms with van der Waals surface area (Å²) in [6.07, 6.45) is 0. The second-order valence-electron chi connectivity index (χ2n) is 8.58. The Morgan fingerprint density at radius 1 is 0.975 bits per heavy atom. The Bertz CT molecular complexity index is 1340. The van der Waals surface area contributed by atoms with Crippen LogP contribution in [0.3, 0.4) is 0 Å². The summed E-state index contributed by atoms with van der Waals surface area (Å²) in [5.74, 6) is -2.88. The van der Waals surface area contributed by atoms with Gasteiger partial charge in [-0.2, -0.15) is 0 Å². The van der Waals surface area contributed by atoms with Crippen molar-refractivity contribution in [3.8, 4) is 0 Å². The normalized spacial score (nSPS) is 16.1. The summed E-state index contributed by atoms with van der Waals surface area (Å²) in [5, 5.41) is 3.45. The van der Waals surface area contributed by atoms with Gasteiger partial charge in [-0.15, -0.1) is 0 Å². The summed E-state index contributed by atoms with van der Waals surface area (Å²) in [6, 6.07) is 13.5. The van der Waals surface area contributed by atoms with Gasteiger partial charge in [0.15, 0.2) is 0 Å². The van der Waals surface area contributed by atoms with Gasteiger partial charge in [0.05, 0.1) is 67.4 Å². The molecule has 0 spiro atoms. The van der Waals surface area contributed by atoms with Crippen LogP contribution in [0.4, 0.5) is 0 Å². The van der Waals surface area contributed by atoms with Crippen molar-refractivity contribution in [3.63, 3.8) is 0 Å². The maximum absolute atomic E-state index is 13.2. The fourth-order valence-corrected chi connectivity index (χ4v) is 4.88. The van der Waals surface area contributed by atoms with E-state index in [0.717, 1.165) is 4.90 Å². The van der Waals surface area contributed by atoms with Crippen molar-refractivity contribution >= 4 is 35.4 Å². The Morgan fingerprint density at radius 3 is 2.15 bits per heavy atom. The molecule has 0 aromatic heterocycles. The number of hydrogen-bond acceptors (Lipinski definition) is 9. The first kappa shape index (κ1) is 33.2. The summed E-state index contributed by atoms with van der Waals surface area (Å²) >= 11 is 6.51. The number of nitrogens with one attached hydrogen (secondary N) is 1. The zero-order valence-electron chi connectivity index (χ0n) is 22.7. The van der Waals surface area contributed by atoms with E-state index in [9.17, 15) is 19.2 Å². The maximum Gasteiger partial charge on any atom is 1.00 e. The average Bonchev–Trinajstić information content (AvgIpc) is 3.15. The molecular weight excluding hydrogens is 551 g/mol. The van der Waals surface area contributed by atoms with E-state index in [1.807, 2.05) is 0 Å². The minimum absolute atomic E-state index is 0. The number of dihydropyridines is 1. The van der Waals surface area contributed by atoms with Gasteiger partial charge in [0.2, 0.25) is 0 Å². The van der Waals surface area contributed by atoms with Gasteiger partial charge in [0, 0.05) is 10.7 Å². The molecule has 0 saturated carbocycles. The van der Waals surface area contributed by atoms with Crippen LogP contribution in [0.25, 0.3) is 0 Å². The number of methoxy groups -OCH3 is 1. The molecule has 2 aromatic rings. The van der Waals surface area contributed by atoms with Crippen molar-refractivity contribution < 1.29 is 68.4 Å². The molecule has 0 fully saturated rings. The van der Waals surface area contributed by atoms with Crippen LogP contribution in [0.5, 0.6) is 0 Å². The summed E-state index contributed by atoms with van der Waals surface area (Å²) in [5.41, 5.74) is 2.47. The van der Waals surface area contributed by atoms with Gasteiger partial charge in [-0.25, -0.2) is 9.59 Å². The fraction of sp³-hybridized carbons (Fsp3) is 0.286. The first-order chi connectivity index (χ1) is 18.3. The van der Waals surface area contributed by atoms with Crippen molar-refractivity contribution in [2.45, 2.75) is 19.8 Å². The summed E-state index contributed by atoms with van der Waals surface area (Å²) < 4.78 is 16.2. The quantitative estimate of drug-likeness (QED) is 0.194. The number of rotatable bonds is 9. The minimum atomic E-state index is -0.869. The SMILES string of the molecule is CCOC(=O)C1=C(COCCN2C(=O)c3ccccc3C2=O)NC(C)=C(C(=O)OC)C1c1ccccc1Cl.[Na+].[OH-]. The number of carbonyl (C=O) groups is 4. The molecule has 4 rings (SSSR count). The number of imide groups is 1. The number of amides is 2. The van der Waals surface area contributed by atoms with Crippen molar-refractivity contribution in [1.29, 1.82) is 0 Å². The van der Waals surface area contributed by atoms with Gasteiger partial charge in [-0.3, -0.25) is 14.5 Å². The van der Waals surface area contributed by atoms with Gasteiger partial charge in [0.1, 0.15) is 0 Å². The number of esters is 2. The Balaban J connectivity index is 0.00000280. The van der Waals surface area contributed by atoms with Crippen LogP contribution in [-0.2, 0) is 23.8 Å². The zero-order chi connectivity index (χ0) is 27.4. The Kier molecular flexibility index (Phi) is 12.1. The molecule has 0 radical (unpaired) electrons. The molecule has 40 heavy (non-hydrogen) atoms. The summed E-state index contributed by atoms with van der Waals surface area (Å²) in [6.45, 7) is 3.46. The van der Waals surface area contributed by atoms with Gasteiger partial charge >= 0.3 is 41.5 Å². The van der Waals surface area contributed by atoms with Crippen molar-refractivity contribution in [3.05, 3.63) is 92.8 Å². The van der Waals surface area contributed by atoms with Crippen LogP contribution in [0, 0.1) is 0 Å². The van der Waals surface area contributed by atoms with Crippen molar-refractivity contribution in [2.75, 3.05) is 33.5 Å². The largest absolute Gasteiger partial charge is 1.00 e. The molecule has 0 aliphatic carbocycles. The Morgan fingerprint density at radius 2 is 1.57 bits per heavy atom. The average molecular weight is 579 g/mol. The molecule has 12 heteroatoms. The molecular formula is C28H28ClN2NaO8. The van der Waals surface area contributed by atoms with E-state index in [-0.39, 0.29) is 84.4 Å². The van der Waals surface area contributed by atoms with E-state index < -0.39 is 17.9 Å². The number of nitrogens with zero attached hydrogens (tertiary/aromatic N) is 1. The summed E-state index contributed by atoms with van der Waals surface area (Å²) in [7, 11) is 1.26. The van der Waals surface area contributed by atoms with Crippen LogP contribution in [0.15, 0.2) is 71.1 Å². The van der Waals surface area contributed by atoms with E-state index >= 15 is 0 Å². The predicted molar refractivity (Wildman–Crippen MR) is 140 cm³/mol. The number of benzene rings is 2. The molecule has 10 nitrogen and oxygen atoms in total. The van der Waals surface area contributed by atoms with Crippen molar-refractivity contribution in [2.24, 2.45) is 0 Å². The molecule has 0 saturated heterocycles.